The van der Waals surface area contributed by atoms with Crippen molar-refractivity contribution in [3.8, 4) is 0 Å². The molecule has 1 aliphatic carbocycles. The second-order valence-electron chi connectivity index (χ2n) is 5.45. The standard InChI is InChI=1S/C15H26N2S/c1-4-12-8-6-7-9-13(12)14(16-5-2)15-11(3)17-10-18-15/h10,12-14,16H,4-9H2,1-3H3. The first-order chi connectivity index (χ1) is 8.77. The summed E-state index contributed by atoms with van der Waals surface area (Å²) in [6, 6.07) is 0.535. The van der Waals surface area contributed by atoms with Crippen molar-refractivity contribution < 1.29 is 0 Å². The van der Waals surface area contributed by atoms with Crippen molar-refractivity contribution in [1.82, 2.24) is 10.3 Å². The molecule has 18 heavy (non-hydrogen) atoms. The Morgan fingerprint density at radius 1 is 1.39 bits per heavy atom. The summed E-state index contributed by atoms with van der Waals surface area (Å²) >= 11 is 1.83. The predicted octanol–water partition coefficient (Wildman–Crippen LogP) is 4.32. The minimum Gasteiger partial charge on any atom is -0.309 e. The molecule has 3 atom stereocenters. The van der Waals surface area contributed by atoms with Gasteiger partial charge in [-0.2, -0.15) is 0 Å². The zero-order valence-corrected chi connectivity index (χ0v) is 12.7. The average Bonchev–Trinajstić information content (AvgIpc) is 2.82. The number of hydrogen-bond acceptors (Lipinski definition) is 3. The monoisotopic (exact) mass is 266 g/mol. The van der Waals surface area contributed by atoms with E-state index < -0.39 is 0 Å². The zero-order chi connectivity index (χ0) is 13.0. The van der Waals surface area contributed by atoms with Crippen molar-refractivity contribution in [2.45, 2.75) is 58.9 Å². The Morgan fingerprint density at radius 3 is 2.78 bits per heavy atom. The van der Waals surface area contributed by atoms with Crippen LogP contribution >= 0.6 is 11.3 Å². The number of aromatic nitrogens is 1. The molecular formula is C15H26N2S. The van der Waals surface area contributed by atoms with E-state index in [9.17, 15) is 0 Å². The van der Waals surface area contributed by atoms with Gasteiger partial charge in [0.15, 0.2) is 0 Å². The van der Waals surface area contributed by atoms with Crippen LogP contribution in [0, 0.1) is 18.8 Å². The Hall–Kier alpha value is -0.410. The van der Waals surface area contributed by atoms with Crippen molar-refractivity contribution in [1.29, 1.82) is 0 Å². The van der Waals surface area contributed by atoms with Gasteiger partial charge >= 0.3 is 0 Å². The van der Waals surface area contributed by atoms with Gasteiger partial charge in [-0.1, -0.05) is 39.5 Å². The third-order valence-electron chi connectivity index (χ3n) is 4.41. The van der Waals surface area contributed by atoms with Crippen LogP contribution in [0.2, 0.25) is 0 Å². The lowest BCUT2D eigenvalue weighted by molar-refractivity contribution is 0.178. The van der Waals surface area contributed by atoms with Crippen LogP contribution in [0.25, 0.3) is 0 Å². The molecule has 0 bridgehead atoms. The summed E-state index contributed by atoms with van der Waals surface area (Å²) in [5, 5.41) is 3.73. The maximum atomic E-state index is 4.44. The first-order valence-electron chi connectivity index (χ1n) is 7.41. The van der Waals surface area contributed by atoms with Gasteiger partial charge in [0, 0.05) is 10.9 Å². The summed E-state index contributed by atoms with van der Waals surface area (Å²) in [5.41, 5.74) is 3.23. The molecule has 0 saturated heterocycles. The Kier molecular flexibility index (Phi) is 5.19. The predicted molar refractivity (Wildman–Crippen MR) is 79.0 cm³/mol. The van der Waals surface area contributed by atoms with Gasteiger partial charge in [-0.3, -0.25) is 0 Å². The molecule has 3 unspecified atom stereocenters. The molecule has 0 aromatic carbocycles. The molecule has 1 aromatic rings. The van der Waals surface area contributed by atoms with Gasteiger partial charge < -0.3 is 5.32 Å². The van der Waals surface area contributed by atoms with Crippen LogP contribution in [0.5, 0.6) is 0 Å². The lowest BCUT2D eigenvalue weighted by Crippen LogP contribution is -2.34. The van der Waals surface area contributed by atoms with Crippen LogP contribution in [0.3, 0.4) is 0 Å². The van der Waals surface area contributed by atoms with Crippen LogP contribution in [-0.2, 0) is 0 Å². The van der Waals surface area contributed by atoms with E-state index in [1.807, 2.05) is 16.8 Å². The van der Waals surface area contributed by atoms with E-state index in [1.54, 1.807) is 0 Å². The molecule has 1 aromatic heterocycles. The molecule has 1 fully saturated rings. The first kappa shape index (κ1) is 14.0. The van der Waals surface area contributed by atoms with Crippen LogP contribution in [0.15, 0.2) is 5.51 Å². The highest BCUT2D eigenvalue weighted by atomic mass is 32.1. The molecule has 1 N–H and O–H groups in total. The Morgan fingerprint density at radius 2 is 2.17 bits per heavy atom. The summed E-state index contributed by atoms with van der Waals surface area (Å²) < 4.78 is 0. The second-order valence-corrected chi connectivity index (χ2v) is 6.34. The molecule has 0 spiro atoms. The smallest absolute Gasteiger partial charge is 0.0798 e. The van der Waals surface area contributed by atoms with E-state index in [4.69, 9.17) is 0 Å². The number of rotatable bonds is 5. The van der Waals surface area contributed by atoms with Gasteiger partial charge in [-0.05, 0) is 31.7 Å². The van der Waals surface area contributed by atoms with E-state index >= 15 is 0 Å². The molecule has 2 nitrogen and oxygen atoms in total. The summed E-state index contributed by atoms with van der Waals surface area (Å²) in [6.07, 6.45) is 6.95. The van der Waals surface area contributed by atoms with Gasteiger partial charge in [-0.25, -0.2) is 4.98 Å². The quantitative estimate of drug-likeness (QED) is 0.858. The molecule has 1 saturated carbocycles. The Balaban J connectivity index is 2.20. The molecule has 0 radical (unpaired) electrons. The minimum absolute atomic E-state index is 0.535. The largest absolute Gasteiger partial charge is 0.309 e. The maximum absolute atomic E-state index is 4.44. The van der Waals surface area contributed by atoms with Crippen molar-refractivity contribution in [2.24, 2.45) is 11.8 Å². The van der Waals surface area contributed by atoms with Crippen LogP contribution in [-0.4, -0.2) is 11.5 Å². The maximum Gasteiger partial charge on any atom is 0.0798 e. The fourth-order valence-corrected chi connectivity index (χ4v) is 4.40. The van der Waals surface area contributed by atoms with E-state index in [0.717, 1.165) is 18.4 Å². The summed E-state index contributed by atoms with van der Waals surface area (Å²) in [7, 11) is 0. The van der Waals surface area contributed by atoms with Crippen molar-refractivity contribution in [3.05, 3.63) is 16.1 Å². The topological polar surface area (TPSA) is 24.9 Å². The van der Waals surface area contributed by atoms with Crippen LogP contribution < -0.4 is 5.32 Å². The van der Waals surface area contributed by atoms with Gasteiger partial charge in [-0.15, -0.1) is 11.3 Å². The Labute approximate surface area is 115 Å². The van der Waals surface area contributed by atoms with Crippen LogP contribution in [0.4, 0.5) is 0 Å². The average molecular weight is 266 g/mol. The molecular weight excluding hydrogens is 240 g/mol. The lowest BCUT2D eigenvalue weighted by atomic mass is 9.73. The van der Waals surface area contributed by atoms with Crippen molar-refractivity contribution in [2.75, 3.05) is 6.54 Å². The highest BCUT2D eigenvalue weighted by Crippen LogP contribution is 2.41. The van der Waals surface area contributed by atoms with E-state index in [2.05, 4.69) is 31.1 Å². The van der Waals surface area contributed by atoms with Gasteiger partial charge in [0.1, 0.15) is 0 Å². The SMILES string of the molecule is CCNC(c1scnc1C)C1CCCCC1CC. The van der Waals surface area contributed by atoms with E-state index in [1.165, 1.54) is 42.7 Å². The fourth-order valence-electron chi connectivity index (χ4n) is 3.45. The van der Waals surface area contributed by atoms with E-state index in [-0.39, 0.29) is 0 Å². The highest BCUT2D eigenvalue weighted by Gasteiger charge is 2.32. The van der Waals surface area contributed by atoms with Crippen LogP contribution in [0.1, 0.15) is 62.6 Å². The van der Waals surface area contributed by atoms with Crippen molar-refractivity contribution >= 4 is 11.3 Å². The number of nitrogens with zero attached hydrogens (tertiary/aromatic N) is 1. The molecule has 0 amide bonds. The van der Waals surface area contributed by atoms with Gasteiger partial charge in [0.05, 0.1) is 11.2 Å². The number of aryl methyl sites for hydroxylation is 1. The molecule has 1 heterocycles. The minimum atomic E-state index is 0.535. The molecule has 0 aliphatic heterocycles. The highest BCUT2D eigenvalue weighted by molar-refractivity contribution is 7.09. The molecule has 102 valence electrons. The summed E-state index contributed by atoms with van der Waals surface area (Å²) in [5.74, 6) is 1.70. The second kappa shape index (κ2) is 6.67. The lowest BCUT2D eigenvalue weighted by Gasteiger charge is -2.37. The normalized spacial score (nSPS) is 26.2. The van der Waals surface area contributed by atoms with Crippen molar-refractivity contribution in [3.63, 3.8) is 0 Å². The molecule has 2 rings (SSSR count). The first-order valence-corrected chi connectivity index (χ1v) is 8.29. The van der Waals surface area contributed by atoms with E-state index in [0.29, 0.717) is 6.04 Å². The molecule has 3 heteroatoms. The van der Waals surface area contributed by atoms with Gasteiger partial charge in [0.2, 0.25) is 0 Å². The third kappa shape index (κ3) is 2.94. The summed E-state index contributed by atoms with van der Waals surface area (Å²) in [6.45, 7) is 7.77. The number of hydrogen-bond donors (Lipinski definition) is 1. The number of nitrogens with one attached hydrogen (secondary N) is 1. The third-order valence-corrected chi connectivity index (χ3v) is 5.42. The number of thiazole rings is 1. The van der Waals surface area contributed by atoms with Gasteiger partial charge in [0.25, 0.3) is 0 Å². The fraction of sp³-hybridized carbons (Fsp3) is 0.800. The molecule has 1 aliphatic rings. The Bertz CT molecular complexity index is 361. The zero-order valence-electron chi connectivity index (χ0n) is 11.9. The summed E-state index contributed by atoms with van der Waals surface area (Å²) in [4.78, 5) is 5.92.